The van der Waals surface area contributed by atoms with Gasteiger partial charge in [-0.3, -0.25) is 4.79 Å². The van der Waals surface area contributed by atoms with Crippen LogP contribution in [0, 0.1) is 0 Å². The van der Waals surface area contributed by atoms with Gasteiger partial charge in [-0.05, 0) is 35.2 Å². The molecular formula is C11H13NO3S. The Morgan fingerprint density at radius 3 is 3.06 bits per heavy atom. The van der Waals surface area contributed by atoms with E-state index in [4.69, 9.17) is 5.11 Å². The molecule has 1 aliphatic rings. The number of carbonyl (C=O) groups excluding carboxylic acids is 1. The van der Waals surface area contributed by atoms with Crippen LogP contribution in [0.4, 0.5) is 0 Å². The Bertz CT molecular complexity index is 388. The maximum absolute atomic E-state index is 11.5. The smallest absolute Gasteiger partial charge is 0.326 e. The SMILES string of the molecule is O=C(O)C1CCC(=O)N1CCc1ccsc1. The normalized spacial score (nSPS) is 20.4. The van der Waals surface area contributed by atoms with Crippen LogP contribution in [0.2, 0.25) is 0 Å². The van der Waals surface area contributed by atoms with Crippen LogP contribution in [0.5, 0.6) is 0 Å². The maximum atomic E-state index is 11.5. The molecule has 1 unspecified atom stereocenters. The number of hydrogen-bond donors (Lipinski definition) is 1. The molecule has 0 saturated carbocycles. The summed E-state index contributed by atoms with van der Waals surface area (Å²) in [5, 5.41) is 13.0. The summed E-state index contributed by atoms with van der Waals surface area (Å²) in [4.78, 5) is 23.9. The van der Waals surface area contributed by atoms with Crippen LogP contribution in [0.15, 0.2) is 16.8 Å². The molecule has 1 atom stereocenters. The molecular weight excluding hydrogens is 226 g/mol. The van der Waals surface area contributed by atoms with Gasteiger partial charge in [0.25, 0.3) is 0 Å². The Morgan fingerprint density at radius 1 is 1.62 bits per heavy atom. The monoisotopic (exact) mass is 239 g/mol. The predicted octanol–water partition coefficient (Wildman–Crippen LogP) is 1.37. The Labute approximate surface area is 97.5 Å². The van der Waals surface area contributed by atoms with Gasteiger partial charge in [0.05, 0.1) is 0 Å². The van der Waals surface area contributed by atoms with E-state index in [1.165, 1.54) is 4.90 Å². The van der Waals surface area contributed by atoms with Gasteiger partial charge < -0.3 is 10.0 Å². The number of aliphatic carboxylic acids is 1. The van der Waals surface area contributed by atoms with Crippen LogP contribution < -0.4 is 0 Å². The van der Waals surface area contributed by atoms with E-state index in [2.05, 4.69) is 0 Å². The molecule has 1 N–H and O–H groups in total. The Hall–Kier alpha value is -1.36. The topological polar surface area (TPSA) is 57.6 Å². The van der Waals surface area contributed by atoms with Gasteiger partial charge in [-0.2, -0.15) is 11.3 Å². The Morgan fingerprint density at radius 2 is 2.44 bits per heavy atom. The Kier molecular flexibility index (Phi) is 3.24. The van der Waals surface area contributed by atoms with Crippen molar-refractivity contribution in [3.05, 3.63) is 22.4 Å². The predicted molar refractivity (Wildman–Crippen MR) is 60.4 cm³/mol. The average Bonchev–Trinajstić information content (AvgIpc) is 2.84. The first kappa shape index (κ1) is 11.1. The van der Waals surface area contributed by atoms with Gasteiger partial charge in [0, 0.05) is 13.0 Å². The van der Waals surface area contributed by atoms with Crippen molar-refractivity contribution in [2.45, 2.75) is 25.3 Å². The molecule has 16 heavy (non-hydrogen) atoms. The van der Waals surface area contributed by atoms with Crippen LogP contribution >= 0.6 is 11.3 Å². The van der Waals surface area contributed by atoms with Crippen molar-refractivity contribution in [2.75, 3.05) is 6.54 Å². The molecule has 2 rings (SSSR count). The fourth-order valence-electron chi connectivity index (χ4n) is 1.96. The molecule has 0 aliphatic carbocycles. The number of amides is 1. The lowest BCUT2D eigenvalue weighted by atomic mass is 10.2. The van der Waals surface area contributed by atoms with Crippen molar-refractivity contribution in [3.8, 4) is 0 Å². The second kappa shape index (κ2) is 4.65. The lowest BCUT2D eigenvalue weighted by Crippen LogP contribution is -2.39. The molecule has 5 heteroatoms. The molecule has 0 radical (unpaired) electrons. The molecule has 1 fully saturated rings. The van der Waals surface area contributed by atoms with Crippen molar-refractivity contribution in [2.24, 2.45) is 0 Å². The molecule has 4 nitrogen and oxygen atoms in total. The summed E-state index contributed by atoms with van der Waals surface area (Å²) in [6.07, 6.45) is 1.54. The minimum absolute atomic E-state index is 0.0392. The average molecular weight is 239 g/mol. The largest absolute Gasteiger partial charge is 0.480 e. The number of carbonyl (C=O) groups is 2. The first-order valence-electron chi connectivity index (χ1n) is 5.22. The van der Waals surface area contributed by atoms with E-state index in [0.717, 1.165) is 12.0 Å². The molecule has 0 bridgehead atoms. The van der Waals surface area contributed by atoms with E-state index >= 15 is 0 Å². The second-order valence-electron chi connectivity index (χ2n) is 3.86. The highest BCUT2D eigenvalue weighted by Crippen LogP contribution is 2.19. The van der Waals surface area contributed by atoms with Crippen LogP contribution in [-0.2, 0) is 16.0 Å². The van der Waals surface area contributed by atoms with Crippen molar-refractivity contribution < 1.29 is 14.7 Å². The standard InChI is InChI=1S/C11H13NO3S/c13-10-2-1-9(11(14)15)12(10)5-3-8-4-6-16-7-8/h4,6-7,9H,1-3,5H2,(H,14,15). The summed E-state index contributed by atoms with van der Waals surface area (Å²) in [6, 6.07) is 1.38. The van der Waals surface area contributed by atoms with Crippen molar-refractivity contribution in [1.82, 2.24) is 4.90 Å². The third kappa shape index (κ3) is 2.24. The highest BCUT2D eigenvalue weighted by Gasteiger charge is 2.35. The van der Waals surface area contributed by atoms with Crippen molar-refractivity contribution >= 4 is 23.2 Å². The zero-order valence-corrected chi connectivity index (χ0v) is 9.57. The number of thiophene rings is 1. The molecule has 2 heterocycles. The van der Waals surface area contributed by atoms with Gasteiger partial charge in [-0.25, -0.2) is 4.79 Å². The lowest BCUT2D eigenvalue weighted by molar-refractivity contribution is -0.146. The van der Waals surface area contributed by atoms with Crippen molar-refractivity contribution in [3.63, 3.8) is 0 Å². The molecule has 1 aromatic heterocycles. The van der Waals surface area contributed by atoms with E-state index in [-0.39, 0.29) is 5.91 Å². The summed E-state index contributed by atoms with van der Waals surface area (Å²) in [7, 11) is 0. The minimum Gasteiger partial charge on any atom is -0.480 e. The third-order valence-electron chi connectivity index (χ3n) is 2.83. The van der Waals surface area contributed by atoms with Gasteiger partial charge in [0.1, 0.15) is 6.04 Å². The fourth-order valence-corrected chi connectivity index (χ4v) is 2.66. The third-order valence-corrected chi connectivity index (χ3v) is 3.57. The number of nitrogens with zero attached hydrogens (tertiary/aromatic N) is 1. The minimum atomic E-state index is -0.892. The highest BCUT2D eigenvalue weighted by atomic mass is 32.1. The molecule has 1 amide bonds. The van der Waals surface area contributed by atoms with Crippen molar-refractivity contribution in [1.29, 1.82) is 0 Å². The van der Waals surface area contributed by atoms with Crippen LogP contribution in [0.1, 0.15) is 18.4 Å². The van der Waals surface area contributed by atoms with E-state index in [1.807, 2.05) is 16.8 Å². The fraction of sp³-hybridized carbons (Fsp3) is 0.455. The Balaban J connectivity index is 1.96. The maximum Gasteiger partial charge on any atom is 0.326 e. The van der Waals surface area contributed by atoms with Crippen LogP contribution in [0.25, 0.3) is 0 Å². The summed E-state index contributed by atoms with van der Waals surface area (Å²) >= 11 is 1.61. The van der Waals surface area contributed by atoms with Gasteiger partial charge in [0.15, 0.2) is 0 Å². The summed E-state index contributed by atoms with van der Waals surface area (Å²) in [5.41, 5.74) is 1.16. The second-order valence-corrected chi connectivity index (χ2v) is 4.64. The van der Waals surface area contributed by atoms with Gasteiger partial charge in [-0.15, -0.1) is 0 Å². The first-order valence-corrected chi connectivity index (χ1v) is 6.16. The molecule has 1 aliphatic heterocycles. The van der Waals surface area contributed by atoms with Gasteiger partial charge in [-0.1, -0.05) is 0 Å². The van der Waals surface area contributed by atoms with E-state index < -0.39 is 12.0 Å². The van der Waals surface area contributed by atoms with Gasteiger partial charge >= 0.3 is 5.97 Å². The number of hydrogen-bond acceptors (Lipinski definition) is 3. The first-order chi connectivity index (χ1) is 7.68. The summed E-state index contributed by atoms with van der Waals surface area (Å²) in [5.74, 6) is -0.932. The number of likely N-dealkylation sites (tertiary alicyclic amines) is 1. The molecule has 1 aromatic rings. The van der Waals surface area contributed by atoms with E-state index in [1.54, 1.807) is 11.3 Å². The summed E-state index contributed by atoms with van der Waals surface area (Å²) < 4.78 is 0. The lowest BCUT2D eigenvalue weighted by Gasteiger charge is -2.21. The zero-order valence-electron chi connectivity index (χ0n) is 8.76. The molecule has 86 valence electrons. The number of rotatable bonds is 4. The number of carboxylic acid groups (broad SMARTS) is 1. The van der Waals surface area contributed by atoms with Crippen LogP contribution in [0.3, 0.4) is 0 Å². The van der Waals surface area contributed by atoms with Gasteiger partial charge in [0.2, 0.25) is 5.91 Å². The molecule has 0 spiro atoms. The van der Waals surface area contributed by atoms with Crippen LogP contribution in [-0.4, -0.2) is 34.5 Å². The quantitative estimate of drug-likeness (QED) is 0.863. The number of carboxylic acids is 1. The molecule has 1 saturated heterocycles. The van der Waals surface area contributed by atoms with E-state index in [9.17, 15) is 9.59 Å². The molecule has 0 aromatic carbocycles. The highest BCUT2D eigenvalue weighted by molar-refractivity contribution is 7.07. The van der Waals surface area contributed by atoms with E-state index in [0.29, 0.717) is 19.4 Å². The summed E-state index contributed by atoms with van der Waals surface area (Å²) in [6.45, 7) is 0.506. The zero-order chi connectivity index (χ0) is 11.5.